The molecule has 0 aliphatic heterocycles. The van der Waals surface area contributed by atoms with Gasteiger partial charge >= 0.3 is 0 Å². The minimum Gasteiger partial charge on any atom is -0.337 e. The second-order valence-electron chi connectivity index (χ2n) is 4.38. The summed E-state index contributed by atoms with van der Waals surface area (Å²) in [7, 11) is 0. The Kier molecular flexibility index (Phi) is 3.99. The fraction of sp³-hybridized carbons (Fsp3) is 0.385. The minimum atomic E-state index is -0.226. The van der Waals surface area contributed by atoms with E-state index in [9.17, 15) is 0 Å². The first-order valence-electron chi connectivity index (χ1n) is 5.97. The third kappa shape index (κ3) is 2.71. The lowest BCUT2D eigenvalue weighted by molar-refractivity contribution is 0.312. The van der Waals surface area contributed by atoms with E-state index in [2.05, 4.69) is 24.0 Å². The summed E-state index contributed by atoms with van der Waals surface area (Å²) in [6.07, 6.45) is 0.968. The van der Waals surface area contributed by atoms with Gasteiger partial charge in [0.1, 0.15) is 0 Å². The van der Waals surface area contributed by atoms with Crippen molar-refractivity contribution in [1.82, 2.24) is 10.1 Å². The highest BCUT2D eigenvalue weighted by Crippen LogP contribution is 2.24. The number of halogens is 1. The standard InChI is InChI=1S/C13H16ClN3O/c1-3-8(2)11(15)13-16-12(17-18-13)9-5-4-6-10(14)7-9/h4-8,11H,3,15H2,1-2H3/t8?,11-/m0/s1. The molecule has 96 valence electrons. The fourth-order valence-corrected chi connectivity index (χ4v) is 1.80. The molecular formula is C13H16ClN3O. The molecule has 4 nitrogen and oxygen atoms in total. The largest absolute Gasteiger partial charge is 0.337 e. The zero-order valence-electron chi connectivity index (χ0n) is 10.4. The highest BCUT2D eigenvalue weighted by molar-refractivity contribution is 6.30. The van der Waals surface area contributed by atoms with Crippen LogP contribution in [0.5, 0.6) is 0 Å². The third-order valence-corrected chi connectivity index (χ3v) is 3.30. The zero-order chi connectivity index (χ0) is 13.1. The summed E-state index contributed by atoms with van der Waals surface area (Å²) in [5.41, 5.74) is 6.88. The number of benzene rings is 1. The van der Waals surface area contributed by atoms with Gasteiger partial charge in [-0.1, -0.05) is 49.2 Å². The lowest BCUT2D eigenvalue weighted by Gasteiger charge is -2.12. The van der Waals surface area contributed by atoms with Crippen molar-refractivity contribution in [3.8, 4) is 11.4 Å². The molecule has 0 aliphatic carbocycles. The molecule has 0 saturated heterocycles. The van der Waals surface area contributed by atoms with Gasteiger partial charge in [0.25, 0.3) is 0 Å². The van der Waals surface area contributed by atoms with E-state index in [-0.39, 0.29) is 6.04 Å². The Bertz CT molecular complexity index is 526. The molecule has 2 rings (SSSR count). The molecule has 1 aromatic heterocycles. The maximum Gasteiger partial charge on any atom is 0.244 e. The van der Waals surface area contributed by atoms with Crippen LogP contribution < -0.4 is 5.73 Å². The number of aromatic nitrogens is 2. The summed E-state index contributed by atoms with van der Waals surface area (Å²) in [4.78, 5) is 4.33. The van der Waals surface area contributed by atoms with Gasteiger partial charge in [-0.15, -0.1) is 0 Å². The Labute approximate surface area is 111 Å². The van der Waals surface area contributed by atoms with E-state index in [1.165, 1.54) is 0 Å². The maximum atomic E-state index is 6.05. The molecule has 2 aromatic rings. The van der Waals surface area contributed by atoms with Crippen LogP contribution in [0.1, 0.15) is 32.2 Å². The number of hydrogen-bond acceptors (Lipinski definition) is 4. The Balaban J connectivity index is 2.25. The van der Waals surface area contributed by atoms with Crippen LogP contribution in [0.4, 0.5) is 0 Å². The van der Waals surface area contributed by atoms with E-state index in [0.29, 0.717) is 22.7 Å². The smallest absolute Gasteiger partial charge is 0.244 e. The number of hydrogen-bond donors (Lipinski definition) is 1. The molecule has 2 N–H and O–H groups in total. The highest BCUT2D eigenvalue weighted by Gasteiger charge is 2.20. The van der Waals surface area contributed by atoms with Gasteiger partial charge in [0.2, 0.25) is 11.7 Å². The molecule has 0 aliphatic rings. The van der Waals surface area contributed by atoms with Gasteiger partial charge in [0.05, 0.1) is 6.04 Å². The average molecular weight is 266 g/mol. The van der Waals surface area contributed by atoms with Gasteiger partial charge in [-0.3, -0.25) is 0 Å². The summed E-state index contributed by atoms with van der Waals surface area (Å²) >= 11 is 5.93. The van der Waals surface area contributed by atoms with Crippen LogP contribution in [0.3, 0.4) is 0 Å². The first-order valence-corrected chi connectivity index (χ1v) is 6.34. The van der Waals surface area contributed by atoms with Crippen LogP contribution in [0.2, 0.25) is 5.02 Å². The molecule has 0 spiro atoms. The van der Waals surface area contributed by atoms with Crippen molar-refractivity contribution < 1.29 is 4.52 Å². The monoisotopic (exact) mass is 265 g/mol. The molecule has 18 heavy (non-hydrogen) atoms. The van der Waals surface area contributed by atoms with Gasteiger partial charge in [0.15, 0.2) is 0 Å². The molecular weight excluding hydrogens is 250 g/mol. The summed E-state index contributed by atoms with van der Waals surface area (Å²) in [6, 6.07) is 7.11. The molecule has 0 bridgehead atoms. The summed E-state index contributed by atoms with van der Waals surface area (Å²) in [5.74, 6) is 1.29. The van der Waals surface area contributed by atoms with Crippen LogP contribution >= 0.6 is 11.6 Å². The van der Waals surface area contributed by atoms with Gasteiger partial charge in [-0.25, -0.2) is 0 Å². The van der Waals surface area contributed by atoms with Crippen molar-refractivity contribution >= 4 is 11.6 Å². The lowest BCUT2D eigenvalue weighted by atomic mass is 10.0. The quantitative estimate of drug-likeness (QED) is 0.920. The third-order valence-electron chi connectivity index (χ3n) is 3.07. The van der Waals surface area contributed by atoms with E-state index < -0.39 is 0 Å². The average Bonchev–Trinajstić information content (AvgIpc) is 2.86. The SMILES string of the molecule is CCC(C)[C@H](N)c1nc(-c2cccc(Cl)c2)no1. The van der Waals surface area contributed by atoms with E-state index in [4.69, 9.17) is 21.9 Å². The summed E-state index contributed by atoms with van der Waals surface area (Å²) < 4.78 is 5.21. The van der Waals surface area contributed by atoms with E-state index in [0.717, 1.165) is 12.0 Å². The summed E-state index contributed by atoms with van der Waals surface area (Å²) in [6.45, 7) is 4.15. The highest BCUT2D eigenvalue weighted by atomic mass is 35.5. The first kappa shape index (κ1) is 13.1. The maximum absolute atomic E-state index is 6.05. The van der Waals surface area contributed by atoms with Crippen LogP contribution in [0.25, 0.3) is 11.4 Å². The Morgan fingerprint density at radius 2 is 2.22 bits per heavy atom. The predicted octanol–water partition coefficient (Wildman–Crippen LogP) is 3.44. The van der Waals surface area contributed by atoms with E-state index in [1.807, 2.05) is 12.1 Å². The first-order chi connectivity index (χ1) is 8.61. The normalized spacial score (nSPS) is 14.4. The van der Waals surface area contributed by atoms with Crippen LogP contribution in [0.15, 0.2) is 28.8 Å². The number of rotatable bonds is 4. The second-order valence-corrected chi connectivity index (χ2v) is 4.81. The molecule has 0 amide bonds. The predicted molar refractivity (Wildman–Crippen MR) is 71.1 cm³/mol. The van der Waals surface area contributed by atoms with Gasteiger partial charge in [-0.2, -0.15) is 4.98 Å². The fourth-order valence-electron chi connectivity index (χ4n) is 1.61. The van der Waals surface area contributed by atoms with Crippen molar-refractivity contribution in [3.63, 3.8) is 0 Å². The number of nitrogens with zero attached hydrogens (tertiary/aromatic N) is 2. The molecule has 5 heteroatoms. The van der Waals surface area contributed by atoms with Gasteiger partial charge in [0, 0.05) is 10.6 Å². The second kappa shape index (κ2) is 5.50. The Morgan fingerprint density at radius 1 is 1.44 bits per heavy atom. The van der Waals surface area contributed by atoms with E-state index >= 15 is 0 Å². The lowest BCUT2D eigenvalue weighted by Crippen LogP contribution is -2.18. The van der Waals surface area contributed by atoms with Crippen molar-refractivity contribution in [2.45, 2.75) is 26.3 Å². The van der Waals surface area contributed by atoms with Crippen molar-refractivity contribution in [1.29, 1.82) is 0 Å². The molecule has 2 atom stereocenters. The molecule has 0 saturated carbocycles. The van der Waals surface area contributed by atoms with Crippen molar-refractivity contribution in [3.05, 3.63) is 35.2 Å². The van der Waals surface area contributed by atoms with Crippen LogP contribution in [0, 0.1) is 5.92 Å². The molecule has 1 heterocycles. The topological polar surface area (TPSA) is 64.9 Å². The van der Waals surface area contributed by atoms with Crippen LogP contribution in [-0.4, -0.2) is 10.1 Å². The van der Waals surface area contributed by atoms with Gasteiger partial charge in [-0.05, 0) is 18.1 Å². The molecule has 1 unspecified atom stereocenters. The van der Waals surface area contributed by atoms with Crippen molar-refractivity contribution in [2.75, 3.05) is 0 Å². The number of nitrogens with two attached hydrogens (primary N) is 1. The zero-order valence-corrected chi connectivity index (χ0v) is 11.2. The van der Waals surface area contributed by atoms with Crippen molar-refractivity contribution in [2.24, 2.45) is 11.7 Å². The Morgan fingerprint density at radius 3 is 2.89 bits per heavy atom. The molecule has 0 radical (unpaired) electrons. The minimum absolute atomic E-state index is 0.226. The van der Waals surface area contributed by atoms with E-state index in [1.54, 1.807) is 12.1 Å². The van der Waals surface area contributed by atoms with Crippen LogP contribution in [-0.2, 0) is 0 Å². The summed E-state index contributed by atoms with van der Waals surface area (Å²) in [5, 5.41) is 4.58. The molecule has 1 aromatic carbocycles. The van der Waals surface area contributed by atoms with Gasteiger partial charge < -0.3 is 10.3 Å². The molecule has 0 fully saturated rings. The Hall–Kier alpha value is -1.39.